The van der Waals surface area contributed by atoms with E-state index in [1.807, 2.05) is 29.4 Å². The average molecular weight is 471 g/mol. The molecule has 5 rings (SSSR count). The van der Waals surface area contributed by atoms with E-state index in [1.54, 1.807) is 12.4 Å². The van der Waals surface area contributed by atoms with Gasteiger partial charge in [-0.3, -0.25) is 20.0 Å². The summed E-state index contributed by atoms with van der Waals surface area (Å²) in [4.78, 5) is 25.8. The van der Waals surface area contributed by atoms with Crippen molar-refractivity contribution in [1.82, 2.24) is 30.9 Å². The highest BCUT2D eigenvalue weighted by molar-refractivity contribution is 9.10. The minimum Gasteiger partial charge on any atom is -0.338 e. The van der Waals surface area contributed by atoms with E-state index in [0.717, 1.165) is 47.9 Å². The molecule has 156 valence electrons. The predicted molar refractivity (Wildman–Crippen MR) is 117 cm³/mol. The highest BCUT2D eigenvalue weighted by atomic mass is 79.9. The van der Waals surface area contributed by atoms with E-state index in [2.05, 4.69) is 64.7 Å². The molecule has 4 heterocycles. The lowest BCUT2D eigenvalue weighted by Gasteiger charge is -2.42. The van der Waals surface area contributed by atoms with Gasteiger partial charge in [0.15, 0.2) is 0 Å². The Bertz CT molecular complexity index is 976. The number of halogens is 1. The number of aromatic nitrogens is 2. The summed E-state index contributed by atoms with van der Waals surface area (Å²) >= 11 is 3.50. The first-order chi connectivity index (χ1) is 14.6. The SMILES string of the molecule is Cc1cc(Br)ccc1N1C=C2C(=O)NC(N3CCN(c4ncccn4)CC3)NC2N1. The van der Waals surface area contributed by atoms with Gasteiger partial charge < -0.3 is 10.2 Å². The van der Waals surface area contributed by atoms with Crippen LogP contribution in [-0.4, -0.2) is 59.4 Å². The zero-order valence-electron chi connectivity index (χ0n) is 16.5. The molecule has 3 aliphatic heterocycles. The molecule has 0 saturated carbocycles. The molecular weight excluding hydrogens is 448 g/mol. The minimum absolute atomic E-state index is 0.0534. The number of hydrazine groups is 1. The van der Waals surface area contributed by atoms with Crippen LogP contribution in [0.5, 0.6) is 0 Å². The van der Waals surface area contributed by atoms with Crippen LogP contribution in [0.3, 0.4) is 0 Å². The fourth-order valence-electron chi connectivity index (χ4n) is 4.04. The molecular formula is C20H23BrN8O. The largest absolute Gasteiger partial charge is 0.338 e. The number of fused-ring (bicyclic) bond motifs is 1. The third-order valence-corrected chi connectivity index (χ3v) is 6.13. The van der Waals surface area contributed by atoms with Gasteiger partial charge >= 0.3 is 0 Å². The van der Waals surface area contributed by atoms with Crippen molar-refractivity contribution >= 4 is 33.5 Å². The number of nitrogens with zero attached hydrogens (tertiary/aromatic N) is 5. The third kappa shape index (κ3) is 3.67. The van der Waals surface area contributed by atoms with Crippen molar-refractivity contribution < 1.29 is 4.79 Å². The van der Waals surface area contributed by atoms with Crippen LogP contribution in [0.2, 0.25) is 0 Å². The zero-order valence-corrected chi connectivity index (χ0v) is 18.1. The second-order valence-electron chi connectivity index (χ2n) is 7.56. The summed E-state index contributed by atoms with van der Waals surface area (Å²) in [6.07, 6.45) is 4.93. The van der Waals surface area contributed by atoms with Crippen molar-refractivity contribution in [2.75, 3.05) is 36.1 Å². The number of carbonyl (C=O) groups is 1. The first-order valence-electron chi connectivity index (χ1n) is 9.95. The number of carbonyl (C=O) groups excluding carboxylic acids is 1. The standard InChI is InChI=1S/C20H23BrN8O/c1-13-11-14(21)3-4-16(13)29-12-15-17(26-29)24-20(25-18(15)30)28-9-7-27(8-10-28)19-22-5-2-6-23-19/h2-6,11-12,17,20,24,26H,7-10H2,1H3,(H,25,30). The van der Waals surface area contributed by atoms with E-state index in [0.29, 0.717) is 5.57 Å². The van der Waals surface area contributed by atoms with Crippen molar-refractivity contribution in [3.8, 4) is 0 Å². The van der Waals surface area contributed by atoms with Gasteiger partial charge in [0.25, 0.3) is 5.91 Å². The molecule has 9 nitrogen and oxygen atoms in total. The minimum atomic E-state index is -0.234. The van der Waals surface area contributed by atoms with Crippen LogP contribution in [0.15, 0.2) is 52.9 Å². The number of piperazine rings is 1. The maximum Gasteiger partial charge on any atom is 0.254 e. The van der Waals surface area contributed by atoms with Crippen molar-refractivity contribution in [2.24, 2.45) is 0 Å². The predicted octanol–water partition coefficient (Wildman–Crippen LogP) is 0.907. The van der Waals surface area contributed by atoms with Gasteiger partial charge in [0.2, 0.25) is 5.95 Å². The molecule has 0 aliphatic carbocycles. The van der Waals surface area contributed by atoms with Gasteiger partial charge in [-0.2, -0.15) is 0 Å². The fraction of sp³-hybridized carbons (Fsp3) is 0.350. The van der Waals surface area contributed by atoms with E-state index in [4.69, 9.17) is 0 Å². The van der Waals surface area contributed by atoms with Crippen LogP contribution < -0.4 is 26.0 Å². The van der Waals surface area contributed by atoms with Crippen molar-refractivity contribution in [1.29, 1.82) is 0 Å². The molecule has 0 spiro atoms. The lowest BCUT2D eigenvalue weighted by molar-refractivity contribution is -0.122. The highest BCUT2D eigenvalue weighted by Gasteiger charge is 2.39. The molecule has 2 aromatic rings. The van der Waals surface area contributed by atoms with Crippen LogP contribution in [0, 0.1) is 6.92 Å². The number of amides is 1. The summed E-state index contributed by atoms with van der Waals surface area (Å²) in [7, 11) is 0. The van der Waals surface area contributed by atoms with Gasteiger partial charge in [-0.25, -0.2) is 15.4 Å². The fourth-order valence-corrected chi connectivity index (χ4v) is 4.52. The molecule has 0 bridgehead atoms. The first-order valence-corrected chi connectivity index (χ1v) is 10.7. The molecule has 30 heavy (non-hydrogen) atoms. The molecule has 0 radical (unpaired) electrons. The van der Waals surface area contributed by atoms with Gasteiger partial charge in [0.1, 0.15) is 12.5 Å². The summed E-state index contributed by atoms with van der Waals surface area (Å²) < 4.78 is 1.03. The third-order valence-electron chi connectivity index (χ3n) is 5.63. The molecule has 2 unspecified atom stereocenters. The Hall–Kier alpha value is -2.53. The normalized spacial score (nSPS) is 24.5. The summed E-state index contributed by atoms with van der Waals surface area (Å²) in [5, 5.41) is 8.52. The molecule has 2 saturated heterocycles. The maximum absolute atomic E-state index is 12.8. The Morgan fingerprint density at radius 1 is 1.13 bits per heavy atom. The molecule has 1 aromatic carbocycles. The first kappa shape index (κ1) is 19.4. The Morgan fingerprint density at radius 2 is 1.90 bits per heavy atom. The number of aryl methyl sites for hydroxylation is 1. The van der Waals surface area contributed by atoms with Gasteiger partial charge in [0, 0.05) is 49.2 Å². The monoisotopic (exact) mass is 470 g/mol. The van der Waals surface area contributed by atoms with Crippen LogP contribution >= 0.6 is 15.9 Å². The van der Waals surface area contributed by atoms with E-state index in [-0.39, 0.29) is 18.4 Å². The Kier molecular flexibility index (Phi) is 5.15. The second kappa shape index (κ2) is 7.95. The number of hydrogen-bond donors (Lipinski definition) is 3. The number of hydrogen-bond acceptors (Lipinski definition) is 8. The van der Waals surface area contributed by atoms with Crippen molar-refractivity contribution in [3.63, 3.8) is 0 Å². The van der Waals surface area contributed by atoms with Crippen molar-refractivity contribution in [2.45, 2.75) is 19.4 Å². The molecule has 2 fully saturated rings. The van der Waals surface area contributed by atoms with E-state index in [9.17, 15) is 4.79 Å². The Morgan fingerprint density at radius 3 is 2.63 bits per heavy atom. The van der Waals surface area contributed by atoms with Crippen LogP contribution in [-0.2, 0) is 4.79 Å². The zero-order chi connectivity index (χ0) is 20.7. The molecule has 2 atom stereocenters. The Labute approximate surface area is 183 Å². The smallest absolute Gasteiger partial charge is 0.254 e. The molecule has 3 aliphatic rings. The number of anilines is 2. The average Bonchev–Trinajstić information content (AvgIpc) is 3.19. The summed E-state index contributed by atoms with van der Waals surface area (Å²) in [6.45, 7) is 5.27. The van der Waals surface area contributed by atoms with Gasteiger partial charge in [0.05, 0.1) is 11.3 Å². The lowest BCUT2D eigenvalue weighted by atomic mass is 10.1. The highest BCUT2D eigenvalue weighted by Crippen LogP contribution is 2.27. The number of benzene rings is 1. The number of rotatable bonds is 3. The van der Waals surface area contributed by atoms with Gasteiger partial charge in [-0.1, -0.05) is 15.9 Å². The van der Waals surface area contributed by atoms with Crippen LogP contribution in [0.1, 0.15) is 5.56 Å². The van der Waals surface area contributed by atoms with Crippen molar-refractivity contribution in [3.05, 3.63) is 58.5 Å². The Balaban J connectivity index is 1.24. The summed E-state index contributed by atoms with van der Waals surface area (Å²) in [5.74, 6) is 0.698. The summed E-state index contributed by atoms with van der Waals surface area (Å²) in [6, 6.07) is 7.90. The van der Waals surface area contributed by atoms with E-state index in [1.165, 1.54) is 0 Å². The number of nitrogens with one attached hydrogen (secondary N) is 3. The second-order valence-corrected chi connectivity index (χ2v) is 8.48. The lowest BCUT2D eigenvalue weighted by Crippen LogP contribution is -2.69. The molecule has 10 heteroatoms. The molecule has 1 aromatic heterocycles. The maximum atomic E-state index is 12.8. The molecule has 3 N–H and O–H groups in total. The van der Waals surface area contributed by atoms with Gasteiger partial charge in [-0.05, 0) is 36.8 Å². The van der Waals surface area contributed by atoms with Crippen LogP contribution in [0.25, 0.3) is 0 Å². The van der Waals surface area contributed by atoms with E-state index < -0.39 is 0 Å². The quantitative estimate of drug-likeness (QED) is 0.609. The van der Waals surface area contributed by atoms with E-state index >= 15 is 0 Å². The molecule has 1 amide bonds. The summed E-state index contributed by atoms with van der Waals surface area (Å²) in [5.41, 5.74) is 6.22. The van der Waals surface area contributed by atoms with Gasteiger partial charge in [-0.15, -0.1) is 0 Å². The van der Waals surface area contributed by atoms with Crippen LogP contribution in [0.4, 0.5) is 11.6 Å². The topological polar surface area (TPSA) is 88.7 Å².